The van der Waals surface area contributed by atoms with Crippen molar-refractivity contribution in [2.45, 2.75) is 38.6 Å². The smallest absolute Gasteiger partial charge is 0.220 e. The summed E-state index contributed by atoms with van der Waals surface area (Å²) in [5.41, 5.74) is 7.83. The molecule has 102 valence electrons. The van der Waals surface area contributed by atoms with Crippen LogP contribution in [0.15, 0.2) is 24.3 Å². The Balaban J connectivity index is 2.24. The van der Waals surface area contributed by atoms with E-state index in [0.29, 0.717) is 19.5 Å². The SMILES string of the molecule is C#CCCCCC(=O)NCc1ccc(CCN)cc1. The van der Waals surface area contributed by atoms with Crippen molar-refractivity contribution in [1.82, 2.24) is 5.32 Å². The van der Waals surface area contributed by atoms with Crippen LogP contribution in [-0.4, -0.2) is 12.5 Å². The molecule has 0 bridgehead atoms. The highest BCUT2D eigenvalue weighted by atomic mass is 16.1. The van der Waals surface area contributed by atoms with Gasteiger partial charge >= 0.3 is 0 Å². The minimum Gasteiger partial charge on any atom is -0.352 e. The lowest BCUT2D eigenvalue weighted by molar-refractivity contribution is -0.121. The van der Waals surface area contributed by atoms with Gasteiger partial charge in [-0.1, -0.05) is 24.3 Å². The third-order valence-corrected chi connectivity index (χ3v) is 2.92. The third-order valence-electron chi connectivity index (χ3n) is 2.92. The fraction of sp³-hybridized carbons (Fsp3) is 0.438. The molecular weight excluding hydrogens is 236 g/mol. The number of rotatable bonds is 8. The molecule has 19 heavy (non-hydrogen) atoms. The highest BCUT2D eigenvalue weighted by Gasteiger charge is 2.01. The lowest BCUT2D eigenvalue weighted by atomic mass is 10.1. The van der Waals surface area contributed by atoms with Crippen LogP contribution in [0.5, 0.6) is 0 Å². The molecule has 3 nitrogen and oxygen atoms in total. The summed E-state index contributed by atoms with van der Waals surface area (Å²) in [4.78, 5) is 11.6. The molecule has 0 saturated carbocycles. The Hall–Kier alpha value is -1.79. The molecule has 1 aromatic carbocycles. The lowest BCUT2D eigenvalue weighted by Gasteiger charge is -2.06. The summed E-state index contributed by atoms with van der Waals surface area (Å²) in [5, 5.41) is 2.91. The predicted molar refractivity (Wildman–Crippen MR) is 78.3 cm³/mol. The standard InChI is InChI=1S/C16H22N2O/c1-2-3-4-5-6-16(19)18-13-15-9-7-14(8-10-15)11-12-17/h1,7-10H,3-6,11-13,17H2,(H,18,19). The molecule has 0 heterocycles. The fourth-order valence-electron chi connectivity index (χ4n) is 1.79. The second-order valence-corrected chi connectivity index (χ2v) is 4.54. The molecule has 1 aromatic rings. The van der Waals surface area contributed by atoms with E-state index < -0.39 is 0 Å². The van der Waals surface area contributed by atoms with Gasteiger partial charge in [0, 0.05) is 19.4 Å². The number of carbonyl (C=O) groups excluding carboxylic acids is 1. The summed E-state index contributed by atoms with van der Waals surface area (Å²) in [7, 11) is 0. The van der Waals surface area contributed by atoms with Gasteiger partial charge in [-0.2, -0.15) is 0 Å². The second-order valence-electron chi connectivity index (χ2n) is 4.54. The van der Waals surface area contributed by atoms with Crippen molar-refractivity contribution in [3.63, 3.8) is 0 Å². The molecular formula is C16H22N2O. The van der Waals surface area contributed by atoms with Crippen LogP contribution in [0.4, 0.5) is 0 Å². The number of hydrogen-bond donors (Lipinski definition) is 2. The molecule has 0 atom stereocenters. The van der Waals surface area contributed by atoms with E-state index in [1.165, 1.54) is 5.56 Å². The van der Waals surface area contributed by atoms with Gasteiger partial charge in [0.1, 0.15) is 0 Å². The van der Waals surface area contributed by atoms with E-state index in [1.807, 2.05) is 12.1 Å². The molecule has 3 heteroatoms. The number of unbranched alkanes of at least 4 members (excludes halogenated alkanes) is 2. The van der Waals surface area contributed by atoms with E-state index >= 15 is 0 Å². The molecule has 0 unspecified atom stereocenters. The van der Waals surface area contributed by atoms with Crippen LogP contribution in [0.25, 0.3) is 0 Å². The van der Waals surface area contributed by atoms with Crippen LogP contribution < -0.4 is 11.1 Å². The first kappa shape index (κ1) is 15.3. The topological polar surface area (TPSA) is 55.1 Å². The largest absolute Gasteiger partial charge is 0.352 e. The summed E-state index contributed by atoms with van der Waals surface area (Å²) < 4.78 is 0. The first-order valence-corrected chi connectivity index (χ1v) is 6.74. The van der Waals surface area contributed by atoms with E-state index in [1.54, 1.807) is 0 Å². The first-order chi connectivity index (χ1) is 9.26. The van der Waals surface area contributed by atoms with Crippen molar-refractivity contribution in [3.8, 4) is 12.3 Å². The van der Waals surface area contributed by atoms with Crippen LogP contribution in [-0.2, 0) is 17.8 Å². The van der Waals surface area contributed by atoms with Crippen molar-refractivity contribution >= 4 is 5.91 Å². The number of terminal acetylenes is 1. The van der Waals surface area contributed by atoms with Crippen LogP contribution in [0, 0.1) is 12.3 Å². The van der Waals surface area contributed by atoms with E-state index in [-0.39, 0.29) is 5.91 Å². The van der Waals surface area contributed by atoms with Crippen LogP contribution in [0.1, 0.15) is 36.8 Å². The Bertz CT molecular complexity index is 417. The number of nitrogens with two attached hydrogens (primary N) is 1. The van der Waals surface area contributed by atoms with Gasteiger partial charge in [0.25, 0.3) is 0 Å². The molecule has 0 aliphatic carbocycles. The minimum atomic E-state index is 0.0862. The Morgan fingerprint density at radius 3 is 2.53 bits per heavy atom. The third kappa shape index (κ3) is 6.64. The van der Waals surface area contributed by atoms with E-state index in [0.717, 1.165) is 31.2 Å². The summed E-state index contributed by atoms with van der Waals surface area (Å²) >= 11 is 0. The second kappa shape index (κ2) is 9.18. The van der Waals surface area contributed by atoms with E-state index in [4.69, 9.17) is 12.2 Å². The van der Waals surface area contributed by atoms with Gasteiger partial charge in [-0.25, -0.2) is 0 Å². The molecule has 1 amide bonds. The van der Waals surface area contributed by atoms with Gasteiger partial charge in [0.05, 0.1) is 0 Å². The Kier molecular flexibility index (Phi) is 7.38. The normalized spacial score (nSPS) is 9.89. The highest BCUT2D eigenvalue weighted by Crippen LogP contribution is 2.05. The van der Waals surface area contributed by atoms with Crippen molar-refractivity contribution in [2.75, 3.05) is 6.54 Å². The van der Waals surface area contributed by atoms with Gasteiger partial charge in [0.15, 0.2) is 0 Å². The summed E-state index contributed by atoms with van der Waals surface area (Å²) in [6, 6.07) is 8.18. The van der Waals surface area contributed by atoms with Gasteiger partial charge in [-0.15, -0.1) is 12.3 Å². The van der Waals surface area contributed by atoms with Crippen molar-refractivity contribution in [1.29, 1.82) is 0 Å². The van der Waals surface area contributed by atoms with Crippen LogP contribution in [0.2, 0.25) is 0 Å². The maximum atomic E-state index is 11.6. The number of hydrogen-bond acceptors (Lipinski definition) is 2. The Morgan fingerprint density at radius 1 is 1.21 bits per heavy atom. The van der Waals surface area contributed by atoms with Crippen LogP contribution >= 0.6 is 0 Å². The number of nitrogens with one attached hydrogen (secondary N) is 1. The average molecular weight is 258 g/mol. The van der Waals surface area contributed by atoms with Gasteiger partial charge < -0.3 is 11.1 Å². The fourth-order valence-corrected chi connectivity index (χ4v) is 1.79. The summed E-state index contributed by atoms with van der Waals surface area (Å²) in [6.45, 7) is 1.24. The molecule has 3 N–H and O–H groups in total. The molecule has 0 spiro atoms. The molecule has 0 radical (unpaired) electrons. The van der Waals surface area contributed by atoms with Crippen molar-refractivity contribution in [3.05, 3.63) is 35.4 Å². The van der Waals surface area contributed by atoms with Gasteiger partial charge in [-0.3, -0.25) is 4.79 Å². The predicted octanol–water partition coefficient (Wildman–Crippen LogP) is 2.00. The maximum Gasteiger partial charge on any atom is 0.220 e. The highest BCUT2D eigenvalue weighted by molar-refractivity contribution is 5.75. The summed E-state index contributed by atoms with van der Waals surface area (Å²) in [6.07, 6.45) is 9.11. The monoisotopic (exact) mass is 258 g/mol. The molecule has 0 aliphatic heterocycles. The van der Waals surface area contributed by atoms with Crippen molar-refractivity contribution < 1.29 is 4.79 Å². The van der Waals surface area contributed by atoms with Crippen molar-refractivity contribution in [2.24, 2.45) is 5.73 Å². The zero-order valence-electron chi connectivity index (χ0n) is 11.3. The molecule has 0 fully saturated rings. The van der Waals surface area contributed by atoms with E-state index in [9.17, 15) is 4.79 Å². The number of benzene rings is 1. The maximum absolute atomic E-state index is 11.6. The molecule has 0 aliphatic rings. The molecule has 0 saturated heterocycles. The van der Waals surface area contributed by atoms with Gasteiger partial charge in [-0.05, 0) is 36.9 Å². The first-order valence-electron chi connectivity index (χ1n) is 6.74. The Labute approximate surface area is 115 Å². The minimum absolute atomic E-state index is 0.0862. The van der Waals surface area contributed by atoms with Crippen LogP contribution in [0.3, 0.4) is 0 Å². The zero-order chi connectivity index (χ0) is 13.9. The average Bonchev–Trinajstić information content (AvgIpc) is 2.43. The number of carbonyl (C=O) groups is 1. The summed E-state index contributed by atoms with van der Waals surface area (Å²) in [5.74, 6) is 2.66. The van der Waals surface area contributed by atoms with E-state index in [2.05, 4.69) is 23.4 Å². The van der Waals surface area contributed by atoms with Gasteiger partial charge in [0.2, 0.25) is 5.91 Å². The Morgan fingerprint density at radius 2 is 1.89 bits per heavy atom. The number of amides is 1. The lowest BCUT2D eigenvalue weighted by Crippen LogP contribution is -2.22. The quantitative estimate of drug-likeness (QED) is 0.553. The zero-order valence-corrected chi connectivity index (χ0v) is 11.3. The molecule has 1 rings (SSSR count). The molecule has 0 aromatic heterocycles.